The first-order valence-corrected chi connectivity index (χ1v) is 6.98. The molecule has 0 unspecified atom stereocenters. The SMILES string of the molecule is O=C(Nc1ccc(Cn2cncn2)cc1)c1ccc(Br)o1. The van der Waals surface area contributed by atoms with Crippen molar-refractivity contribution in [3.8, 4) is 0 Å². The highest BCUT2D eigenvalue weighted by Gasteiger charge is 2.10. The molecule has 2 heterocycles. The average molecular weight is 347 g/mol. The summed E-state index contributed by atoms with van der Waals surface area (Å²) in [5, 5.41) is 6.81. The van der Waals surface area contributed by atoms with Crippen molar-refractivity contribution in [3.63, 3.8) is 0 Å². The first kappa shape index (κ1) is 13.6. The summed E-state index contributed by atoms with van der Waals surface area (Å²) in [6.07, 6.45) is 3.15. The molecule has 0 bridgehead atoms. The smallest absolute Gasteiger partial charge is 0.291 e. The molecule has 0 aliphatic carbocycles. The lowest BCUT2D eigenvalue weighted by molar-refractivity contribution is 0.0995. The first-order valence-electron chi connectivity index (χ1n) is 6.19. The summed E-state index contributed by atoms with van der Waals surface area (Å²) in [4.78, 5) is 15.8. The van der Waals surface area contributed by atoms with Gasteiger partial charge in [-0.15, -0.1) is 0 Å². The standard InChI is InChI=1S/C14H11BrN4O2/c15-13-6-5-12(21-13)14(20)18-11-3-1-10(2-4-11)7-19-9-16-8-17-19/h1-6,8-9H,7H2,(H,18,20). The fourth-order valence-corrected chi connectivity index (χ4v) is 2.13. The summed E-state index contributed by atoms with van der Waals surface area (Å²) >= 11 is 3.16. The number of furan rings is 1. The Bertz CT molecular complexity index is 735. The van der Waals surface area contributed by atoms with E-state index in [1.165, 1.54) is 6.33 Å². The monoisotopic (exact) mass is 346 g/mol. The Labute approximate surface area is 128 Å². The molecule has 3 rings (SSSR count). The largest absolute Gasteiger partial charge is 0.444 e. The topological polar surface area (TPSA) is 73.0 Å². The molecular weight excluding hydrogens is 336 g/mol. The van der Waals surface area contributed by atoms with Crippen LogP contribution in [0.1, 0.15) is 16.1 Å². The van der Waals surface area contributed by atoms with E-state index < -0.39 is 0 Å². The zero-order valence-corrected chi connectivity index (χ0v) is 12.4. The Morgan fingerprint density at radius 3 is 2.67 bits per heavy atom. The van der Waals surface area contributed by atoms with E-state index in [1.54, 1.807) is 23.1 Å². The van der Waals surface area contributed by atoms with Gasteiger partial charge in [0.15, 0.2) is 10.4 Å². The maximum Gasteiger partial charge on any atom is 0.291 e. The van der Waals surface area contributed by atoms with Crippen LogP contribution in [0.2, 0.25) is 0 Å². The van der Waals surface area contributed by atoms with Crippen LogP contribution in [0.5, 0.6) is 0 Å². The van der Waals surface area contributed by atoms with Gasteiger partial charge in [-0.2, -0.15) is 5.10 Å². The molecule has 0 spiro atoms. The molecule has 0 aliphatic rings. The predicted molar refractivity (Wildman–Crippen MR) is 79.9 cm³/mol. The zero-order valence-electron chi connectivity index (χ0n) is 10.9. The molecular formula is C14H11BrN4O2. The fraction of sp³-hybridized carbons (Fsp3) is 0.0714. The van der Waals surface area contributed by atoms with Crippen LogP contribution in [0.3, 0.4) is 0 Å². The summed E-state index contributed by atoms with van der Waals surface area (Å²) in [5.41, 5.74) is 1.77. The summed E-state index contributed by atoms with van der Waals surface area (Å²) in [6.45, 7) is 0.638. The number of hydrogen-bond donors (Lipinski definition) is 1. The molecule has 1 aromatic carbocycles. The molecule has 0 saturated carbocycles. The molecule has 0 aliphatic heterocycles. The summed E-state index contributed by atoms with van der Waals surface area (Å²) in [6, 6.07) is 10.8. The zero-order chi connectivity index (χ0) is 14.7. The molecule has 6 nitrogen and oxygen atoms in total. The minimum absolute atomic E-state index is 0.258. The van der Waals surface area contributed by atoms with Gasteiger partial charge in [-0.3, -0.25) is 4.79 Å². The van der Waals surface area contributed by atoms with Crippen molar-refractivity contribution in [1.29, 1.82) is 0 Å². The van der Waals surface area contributed by atoms with Gasteiger partial charge in [0.2, 0.25) is 0 Å². The average Bonchev–Trinajstić information content (AvgIpc) is 3.12. The van der Waals surface area contributed by atoms with Crippen LogP contribution in [0, 0.1) is 0 Å². The number of nitrogens with one attached hydrogen (secondary N) is 1. The Hall–Kier alpha value is -2.41. The minimum atomic E-state index is -0.287. The molecule has 0 fully saturated rings. The van der Waals surface area contributed by atoms with Gasteiger partial charge in [-0.05, 0) is 45.8 Å². The second kappa shape index (κ2) is 5.92. The molecule has 7 heteroatoms. The van der Waals surface area contributed by atoms with Crippen LogP contribution in [0.25, 0.3) is 0 Å². The van der Waals surface area contributed by atoms with Gasteiger partial charge in [0.05, 0.1) is 6.54 Å². The number of aromatic nitrogens is 3. The second-order valence-electron chi connectivity index (χ2n) is 4.35. The highest BCUT2D eigenvalue weighted by Crippen LogP contribution is 2.16. The number of hydrogen-bond acceptors (Lipinski definition) is 4. The number of benzene rings is 1. The van der Waals surface area contributed by atoms with Gasteiger partial charge in [-0.1, -0.05) is 12.1 Å². The van der Waals surface area contributed by atoms with Crippen LogP contribution < -0.4 is 5.32 Å². The number of amides is 1. The van der Waals surface area contributed by atoms with E-state index in [2.05, 4.69) is 31.3 Å². The van der Waals surface area contributed by atoms with Crippen LogP contribution >= 0.6 is 15.9 Å². The van der Waals surface area contributed by atoms with Crippen molar-refractivity contribution in [3.05, 3.63) is 65.0 Å². The van der Waals surface area contributed by atoms with Gasteiger partial charge in [0.1, 0.15) is 12.7 Å². The Kier molecular flexibility index (Phi) is 3.83. The van der Waals surface area contributed by atoms with E-state index in [0.717, 1.165) is 5.56 Å². The Morgan fingerprint density at radius 2 is 2.05 bits per heavy atom. The molecule has 1 N–H and O–H groups in total. The number of carbonyl (C=O) groups is 1. The van der Waals surface area contributed by atoms with Gasteiger partial charge in [0, 0.05) is 5.69 Å². The van der Waals surface area contributed by atoms with E-state index in [0.29, 0.717) is 16.9 Å². The van der Waals surface area contributed by atoms with Gasteiger partial charge < -0.3 is 9.73 Å². The highest BCUT2D eigenvalue weighted by molar-refractivity contribution is 9.10. The third-order valence-electron chi connectivity index (χ3n) is 2.82. The van der Waals surface area contributed by atoms with Crippen LogP contribution in [0.15, 0.2) is 58.1 Å². The van der Waals surface area contributed by atoms with Crippen molar-refractivity contribution in [2.24, 2.45) is 0 Å². The van der Waals surface area contributed by atoms with Crippen LogP contribution in [-0.4, -0.2) is 20.7 Å². The predicted octanol–water partition coefficient (Wildman–Crippen LogP) is 2.93. The molecule has 21 heavy (non-hydrogen) atoms. The van der Waals surface area contributed by atoms with Crippen molar-refractivity contribution >= 4 is 27.5 Å². The third kappa shape index (κ3) is 3.38. The number of carbonyl (C=O) groups excluding carboxylic acids is 1. The lowest BCUT2D eigenvalue weighted by atomic mass is 10.2. The highest BCUT2D eigenvalue weighted by atomic mass is 79.9. The second-order valence-corrected chi connectivity index (χ2v) is 5.13. The number of anilines is 1. The van der Waals surface area contributed by atoms with Gasteiger partial charge in [-0.25, -0.2) is 9.67 Å². The maximum absolute atomic E-state index is 11.9. The maximum atomic E-state index is 11.9. The molecule has 0 saturated heterocycles. The number of halogens is 1. The third-order valence-corrected chi connectivity index (χ3v) is 3.25. The Morgan fingerprint density at radius 1 is 1.24 bits per heavy atom. The molecule has 3 aromatic rings. The van der Waals surface area contributed by atoms with Gasteiger partial charge in [0.25, 0.3) is 5.91 Å². The van der Waals surface area contributed by atoms with E-state index in [-0.39, 0.29) is 11.7 Å². The van der Waals surface area contributed by atoms with E-state index >= 15 is 0 Å². The summed E-state index contributed by atoms with van der Waals surface area (Å²) in [5.74, 6) is -0.0294. The number of nitrogens with zero attached hydrogens (tertiary/aromatic N) is 3. The van der Waals surface area contributed by atoms with E-state index in [1.807, 2.05) is 24.3 Å². The van der Waals surface area contributed by atoms with Crippen molar-refractivity contribution in [2.75, 3.05) is 5.32 Å². The molecule has 106 valence electrons. The minimum Gasteiger partial charge on any atom is -0.444 e. The quantitative estimate of drug-likeness (QED) is 0.788. The molecule has 0 radical (unpaired) electrons. The lowest BCUT2D eigenvalue weighted by Gasteiger charge is -2.05. The van der Waals surface area contributed by atoms with Crippen LogP contribution in [0.4, 0.5) is 5.69 Å². The van der Waals surface area contributed by atoms with Crippen LogP contribution in [-0.2, 0) is 6.54 Å². The van der Waals surface area contributed by atoms with E-state index in [9.17, 15) is 4.79 Å². The van der Waals surface area contributed by atoms with Crippen molar-refractivity contribution < 1.29 is 9.21 Å². The van der Waals surface area contributed by atoms with Crippen molar-refractivity contribution in [1.82, 2.24) is 14.8 Å². The molecule has 0 atom stereocenters. The van der Waals surface area contributed by atoms with Crippen molar-refractivity contribution in [2.45, 2.75) is 6.54 Å². The summed E-state index contributed by atoms with van der Waals surface area (Å²) < 4.78 is 7.45. The summed E-state index contributed by atoms with van der Waals surface area (Å²) in [7, 11) is 0. The normalized spacial score (nSPS) is 10.5. The molecule has 1 amide bonds. The Balaban J connectivity index is 1.65. The molecule has 2 aromatic heterocycles. The first-order chi connectivity index (χ1) is 10.2. The fourth-order valence-electron chi connectivity index (χ4n) is 1.82. The van der Waals surface area contributed by atoms with E-state index in [4.69, 9.17) is 4.42 Å². The number of rotatable bonds is 4. The lowest BCUT2D eigenvalue weighted by Crippen LogP contribution is -2.10. The van der Waals surface area contributed by atoms with Gasteiger partial charge >= 0.3 is 0 Å².